The number of esters is 1. The Labute approximate surface area is 114 Å². The fraction of sp³-hybridized carbons (Fsp3) is 0.643. The van der Waals surface area contributed by atoms with Gasteiger partial charge in [-0.15, -0.1) is 0 Å². The van der Waals surface area contributed by atoms with Gasteiger partial charge in [-0.2, -0.15) is 0 Å². The van der Waals surface area contributed by atoms with Gasteiger partial charge in [-0.25, -0.2) is 0 Å². The SMILES string of the molecule is CC(C)OC(=O)CCCC(=O)NCCC1=CN=CC1. The molecule has 0 saturated heterocycles. The van der Waals surface area contributed by atoms with Gasteiger partial charge in [0.25, 0.3) is 0 Å². The lowest BCUT2D eigenvalue weighted by Crippen LogP contribution is -2.24. The molecular weight excluding hydrogens is 244 g/mol. The zero-order valence-electron chi connectivity index (χ0n) is 11.6. The first kappa shape index (κ1) is 15.4. The first-order valence-electron chi connectivity index (χ1n) is 6.73. The molecular formula is C14H22N2O3. The van der Waals surface area contributed by atoms with Gasteiger partial charge in [-0.1, -0.05) is 0 Å². The number of carbonyl (C=O) groups excluding carboxylic acids is 2. The molecule has 106 valence electrons. The fourth-order valence-electron chi connectivity index (χ4n) is 1.71. The third-order valence-corrected chi connectivity index (χ3v) is 2.64. The highest BCUT2D eigenvalue weighted by Crippen LogP contribution is 2.09. The van der Waals surface area contributed by atoms with Crippen molar-refractivity contribution in [2.45, 2.75) is 52.1 Å². The van der Waals surface area contributed by atoms with E-state index in [1.807, 2.05) is 26.3 Å². The Morgan fingerprint density at radius 3 is 2.84 bits per heavy atom. The number of aliphatic imine (C=N–C) groups is 1. The molecule has 19 heavy (non-hydrogen) atoms. The molecule has 0 atom stereocenters. The topological polar surface area (TPSA) is 67.8 Å². The van der Waals surface area contributed by atoms with Crippen molar-refractivity contribution in [3.63, 3.8) is 0 Å². The minimum atomic E-state index is -0.240. The minimum absolute atomic E-state index is 0.0168. The van der Waals surface area contributed by atoms with E-state index in [0.717, 1.165) is 12.8 Å². The molecule has 1 rings (SSSR count). The summed E-state index contributed by atoms with van der Waals surface area (Å²) < 4.78 is 4.99. The smallest absolute Gasteiger partial charge is 0.306 e. The Bertz CT molecular complexity index is 373. The van der Waals surface area contributed by atoms with E-state index in [1.165, 1.54) is 5.57 Å². The summed E-state index contributed by atoms with van der Waals surface area (Å²) in [5.41, 5.74) is 1.24. The van der Waals surface area contributed by atoms with E-state index in [1.54, 1.807) is 0 Å². The van der Waals surface area contributed by atoms with Crippen LogP contribution in [0.5, 0.6) is 0 Å². The second kappa shape index (κ2) is 8.45. The number of ether oxygens (including phenoxy) is 1. The maximum atomic E-state index is 11.5. The van der Waals surface area contributed by atoms with Crippen molar-refractivity contribution in [2.24, 2.45) is 4.99 Å². The summed E-state index contributed by atoms with van der Waals surface area (Å²) in [6.07, 6.45) is 6.52. The van der Waals surface area contributed by atoms with Crippen LogP contribution in [0.2, 0.25) is 0 Å². The number of nitrogens with one attached hydrogen (secondary N) is 1. The standard InChI is InChI=1S/C14H22N2O3/c1-11(2)19-14(18)5-3-4-13(17)16-9-7-12-6-8-15-10-12/h8,10-11H,3-7,9H2,1-2H3,(H,16,17). The molecule has 5 heteroatoms. The summed E-state index contributed by atoms with van der Waals surface area (Å²) in [6, 6.07) is 0. The summed E-state index contributed by atoms with van der Waals surface area (Å²) >= 11 is 0. The number of rotatable bonds is 8. The molecule has 0 spiro atoms. The van der Waals surface area contributed by atoms with E-state index in [0.29, 0.717) is 25.8 Å². The van der Waals surface area contributed by atoms with Crippen LogP contribution in [-0.4, -0.2) is 30.7 Å². The highest BCUT2D eigenvalue weighted by molar-refractivity contribution is 5.77. The number of hydrogen-bond acceptors (Lipinski definition) is 4. The van der Waals surface area contributed by atoms with Gasteiger partial charge in [-0.05, 0) is 32.3 Å². The molecule has 0 saturated carbocycles. The van der Waals surface area contributed by atoms with Crippen LogP contribution in [-0.2, 0) is 14.3 Å². The Morgan fingerprint density at radius 1 is 1.42 bits per heavy atom. The molecule has 0 aliphatic carbocycles. The van der Waals surface area contributed by atoms with Crippen LogP contribution in [0, 0.1) is 0 Å². The third kappa shape index (κ3) is 7.39. The molecule has 0 fully saturated rings. The minimum Gasteiger partial charge on any atom is -0.463 e. The van der Waals surface area contributed by atoms with Crippen molar-refractivity contribution in [1.29, 1.82) is 0 Å². The van der Waals surface area contributed by atoms with Crippen molar-refractivity contribution < 1.29 is 14.3 Å². The van der Waals surface area contributed by atoms with Crippen molar-refractivity contribution in [1.82, 2.24) is 5.32 Å². The van der Waals surface area contributed by atoms with Crippen LogP contribution >= 0.6 is 0 Å². The Morgan fingerprint density at radius 2 is 2.21 bits per heavy atom. The van der Waals surface area contributed by atoms with Gasteiger partial charge < -0.3 is 10.1 Å². The van der Waals surface area contributed by atoms with Gasteiger partial charge in [0.1, 0.15) is 0 Å². The highest BCUT2D eigenvalue weighted by atomic mass is 16.5. The summed E-state index contributed by atoms with van der Waals surface area (Å²) in [7, 11) is 0. The lowest BCUT2D eigenvalue weighted by Gasteiger charge is -2.08. The summed E-state index contributed by atoms with van der Waals surface area (Å²) in [5.74, 6) is -0.257. The quantitative estimate of drug-likeness (QED) is 0.683. The van der Waals surface area contributed by atoms with E-state index >= 15 is 0 Å². The Kier molecular flexibility index (Phi) is 6.85. The van der Waals surface area contributed by atoms with Gasteiger partial charge in [0.05, 0.1) is 6.10 Å². The van der Waals surface area contributed by atoms with Crippen LogP contribution < -0.4 is 5.32 Å². The van der Waals surface area contributed by atoms with Crippen LogP contribution in [0.1, 0.15) is 46.0 Å². The zero-order valence-corrected chi connectivity index (χ0v) is 11.6. The van der Waals surface area contributed by atoms with Crippen LogP contribution in [0.15, 0.2) is 16.8 Å². The van der Waals surface area contributed by atoms with Crippen LogP contribution in [0.3, 0.4) is 0 Å². The van der Waals surface area contributed by atoms with E-state index in [4.69, 9.17) is 4.74 Å². The van der Waals surface area contributed by atoms with Crippen molar-refractivity contribution in [2.75, 3.05) is 6.54 Å². The lowest BCUT2D eigenvalue weighted by molar-refractivity contribution is -0.147. The molecule has 1 aliphatic rings. The lowest BCUT2D eigenvalue weighted by atomic mass is 10.1. The Balaban J connectivity index is 2.00. The molecule has 1 heterocycles. The predicted octanol–water partition coefficient (Wildman–Crippen LogP) is 1.97. The Hall–Kier alpha value is -1.65. The molecule has 0 bridgehead atoms. The number of nitrogens with zero attached hydrogens (tertiary/aromatic N) is 1. The molecule has 0 aromatic heterocycles. The second-order valence-electron chi connectivity index (χ2n) is 4.82. The fourth-order valence-corrected chi connectivity index (χ4v) is 1.71. The molecule has 0 aromatic rings. The number of carbonyl (C=O) groups is 2. The maximum Gasteiger partial charge on any atom is 0.306 e. The van der Waals surface area contributed by atoms with E-state index < -0.39 is 0 Å². The van der Waals surface area contributed by atoms with Crippen molar-refractivity contribution in [3.8, 4) is 0 Å². The van der Waals surface area contributed by atoms with Crippen molar-refractivity contribution in [3.05, 3.63) is 11.8 Å². The first-order valence-corrected chi connectivity index (χ1v) is 6.73. The van der Waals surface area contributed by atoms with Crippen LogP contribution in [0.25, 0.3) is 0 Å². The van der Waals surface area contributed by atoms with Gasteiger partial charge in [-0.3, -0.25) is 14.6 Å². The largest absolute Gasteiger partial charge is 0.463 e. The number of hydrogen-bond donors (Lipinski definition) is 1. The first-order chi connectivity index (χ1) is 9.08. The van der Waals surface area contributed by atoms with E-state index in [2.05, 4.69) is 10.3 Å². The van der Waals surface area contributed by atoms with Gasteiger partial charge in [0, 0.05) is 38.2 Å². The molecule has 5 nitrogen and oxygen atoms in total. The molecule has 0 unspecified atom stereocenters. The van der Waals surface area contributed by atoms with E-state index in [-0.39, 0.29) is 18.0 Å². The third-order valence-electron chi connectivity index (χ3n) is 2.64. The van der Waals surface area contributed by atoms with E-state index in [9.17, 15) is 9.59 Å². The molecule has 1 N–H and O–H groups in total. The van der Waals surface area contributed by atoms with Crippen LogP contribution in [0.4, 0.5) is 0 Å². The summed E-state index contributed by atoms with van der Waals surface area (Å²) in [6.45, 7) is 4.25. The monoisotopic (exact) mass is 266 g/mol. The summed E-state index contributed by atoms with van der Waals surface area (Å²) in [4.78, 5) is 26.8. The molecule has 0 radical (unpaired) electrons. The second-order valence-corrected chi connectivity index (χ2v) is 4.82. The molecule has 1 amide bonds. The molecule has 0 aromatic carbocycles. The van der Waals surface area contributed by atoms with Gasteiger partial charge in [0.2, 0.25) is 5.91 Å². The average molecular weight is 266 g/mol. The van der Waals surface area contributed by atoms with Crippen molar-refractivity contribution >= 4 is 18.1 Å². The summed E-state index contributed by atoms with van der Waals surface area (Å²) in [5, 5.41) is 2.84. The normalized spacial score (nSPS) is 13.5. The van der Waals surface area contributed by atoms with Gasteiger partial charge in [0.15, 0.2) is 0 Å². The van der Waals surface area contributed by atoms with Gasteiger partial charge >= 0.3 is 5.97 Å². The average Bonchev–Trinajstić information content (AvgIpc) is 2.81. The number of amides is 1. The zero-order chi connectivity index (χ0) is 14.1. The molecule has 1 aliphatic heterocycles. The highest BCUT2D eigenvalue weighted by Gasteiger charge is 2.08. The maximum absolute atomic E-state index is 11.5. The predicted molar refractivity (Wildman–Crippen MR) is 73.9 cm³/mol.